The maximum Gasteiger partial charge on any atom is 0.359 e. The SMILES string of the molecule is CCOC(=O)c1ccccc1NC(=O)COC(=O)c1nc(Cl)ccc1Cl. The molecule has 0 radical (unpaired) electrons. The topological polar surface area (TPSA) is 94.6 Å². The third-order valence-corrected chi connectivity index (χ3v) is 3.55. The average Bonchev–Trinajstić information content (AvgIpc) is 2.62. The van der Waals surface area contributed by atoms with Crippen LogP contribution in [-0.2, 0) is 14.3 Å². The maximum absolute atomic E-state index is 12.0. The molecule has 2 rings (SSSR count). The summed E-state index contributed by atoms with van der Waals surface area (Å²) in [6.07, 6.45) is 0. The molecule has 1 N–H and O–H groups in total. The molecule has 1 amide bonds. The number of ether oxygens (including phenoxy) is 2. The summed E-state index contributed by atoms with van der Waals surface area (Å²) in [6, 6.07) is 9.12. The van der Waals surface area contributed by atoms with Gasteiger partial charge in [0.25, 0.3) is 5.91 Å². The highest BCUT2D eigenvalue weighted by atomic mass is 35.5. The Balaban J connectivity index is 2.00. The molecule has 0 unspecified atom stereocenters. The predicted molar refractivity (Wildman–Crippen MR) is 95.6 cm³/mol. The van der Waals surface area contributed by atoms with E-state index in [0.717, 1.165) is 0 Å². The number of carbonyl (C=O) groups excluding carboxylic acids is 3. The molecule has 26 heavy (non-hydrogen) atoms. The van der Waals surface area contributed by atoms with Gasteiger partial charge >= 0.3 is 11.9 Å². The smallest absolute Gasteiger partial charge is 0.359 e. The summed E-state index contributed by atoms with van der Waals surface area (Å²) in [4.78, 5) is 39.6. The summed E-state index contributed by atoms with van der Waals surface area (Å²) in [6.45, 7) is 1.28. The summed E-state index contributed by atoms with van der Waals surface area (Å²) < 4.78 is 9.79. The number of hydrogen-bond donors (Lipinski definition) is 1. The van der Waals surface area contributed by atoms with Crippen LogP contribution < -0.4 is 5.32 Å². The molecule has 9 heteroatoms. The van der Waals surface area contributed by atoms with E-state index in [9.17, 15) is 14.4 Å². The van der Waals surface area contributed by atoms with Crippen molar-refractivity contribution < 1.29 is 23.9 Å². The standard InChI is InChI=1S/C17H14Cl2N2O5/c1-2-25-16(23)10-5-3-4-6-12(10)20-14(22)9-26-17(24)15-11(18)7-8-13(19)21-15/h3-8H,2,9H2,1H3,(H,20,22). The molecule has 1 aromatic carbocycles. The Morgan fingerprint density at radius 1 is 1.04 bits per heavy atom. The molecule has 7 nitrogen and oxygen atoms in total. The zero-order valence-electron chi connectivity index (χ0n) is 13.6. The fourth-order valence-corrected chi connectivity index (χ4v) is 2.26. The van der Waals surface area contributed by atoms with Crippen LogP contribution in [0.2, 0.25) is 10.2 Å². The molecule has 2 aromatic rings. The second-order valence-electron chi connectivity index (χ2n) is 4.85. The number of aromatic nitrogens is 1. The number of pyridine rings is 1. The number of benzene rings is 1. The van der Waals surface area contributed by atoms with E-state index in [1.165, 1.54) is 24.3 Å². The molecular formula is C17H14Cl2N2O5. The number of amides is 1. The number of carbonyl (C=O) groups is 3. The first kappa shape index (κ1) is 19.7. The number of nitrogens with zero attached hydrogens (tertiary/aromatic N) is 1. The van der Waals surface area contributed by atoms with Crippen molar-refractivity contribution in [2.75, 3.05) is 18.5 Å². The Hall–Kier alpha value is -2.64. The van der Waals surface area contributed by atoms with E-state index in [1.54, 1.807) is 19.1 Å². The summed E-state index contributed by atoms with van der Waals surface area (Å²) in [5.41, 5.74) is 0.235. The molecule has 0 saturated carbocycles. The van der Waals surface area contributed by atoms with Gasteiger partial charge in [-0.05, 0) is 31.2 Å². The van der Waals surface area contributed by atoms with Crippen LogP contribution >= 0.6 is 23.2 Å². The lowest BCUT2D eigenvalue weighted by atomic mass is 10.2. The summed E-state index contributed by atoms with van der Waals surface area (Å²) in [7, 11) is 0. The van der Waals surface area contributed by atoms with Crippen molar-refractivity contribution in [3.8, 4) is 0 Å². The molecule has 1 aromatic heterocycles. The van der Waals surface area contributed by atoms with E-state index < -0.39 is 24.5 Å². The van der Waals surface area contributed by atoms with E-state index in [2.05, 4.69) is 10.3 Å². The highest BCUT2D eigenvalue weighted by Gasteiger charge is 2.18. The second kappa shape index (κ2) is 9.17. The number of anilines is 1. The minimum atomic E-state index is -0.897. The molecule has 136 valence electrons. The first-order valence-electron chi connectivity index (χ1n) is 7.47. The van der Waals surface area contributed by atoms with Crippen LogP contribution in [0, 0.1) is 0 Å². The van der Waals surface area contributed by atoms with Gasteiger partial charge in [0.2, 0.25) is 0 Å². The van der Waals surface area contributed by atoms with Crippen LogP contribution in [-0.4, -0.2) is 36.0 Å². The van der Waals surface area contributed by atoms with E-state index in [0.29, 0.717) is 0 Å². The van der Waals surface area contributed by atoms with Gasteiger partial charge in [-0.25, -0.2) is 14.6 Å². The summed E-state index contributed by atoms with van der Waals surface area (Å²) in [5, 5.41) is 2.60. The number of nitrogens with one attached hydrogen (secondary N) is 1. The normalized spacial score (nSPS) is 10.1. The van der Waals surface area contributed by atoms with Gasteiger partial charge in [-0.2, -0.15) is 0 Å². The van der Waals surface area contributed by atoms with Crippen LogP contribution in [0.1, 0.15) is 27.8 Å². The maximum atomic E-state index is 12.0. The van der Waals surface area contributed by atoms with E-state index in [1.807, 2.05) is 0 Å². The number of para-hydroxylation sites is 1. The molecular weight excluding hydrogens is 383 g/mol. The molecule has 0 saturated heterocycles. The van der Waals surface area contributed by atoms with Crippen molar-refractivity contribution in [3.05, 3.63) is 57.8 Å². The van der Waals surface area contributed by atoms with Gasteiger partial charge in [0.1, 0.15) is 5.15 Å². The van der Waals surface area contributed by atoms with Crippen LogP contribution in [0.15, 0.2) is 36.4 Å². The van der Waals surface area contributed by atoms with Gasteiger partial charge in [0, 0.05) is 0 Å². The van der Waals surface area contributed by atoms with Gasteiger partial charge < -0.3 is 14.8 Å². The largest absolute Gasteiger partial charge is 0.462 e. The molecule has 0 bridgehead atoms. The Morgan fingerprint density at radius 2 is 1.77 bits per heavy atom. The number of esters is 2. The highest BCUT2D eigenvalue weighted by molar-refractivity contribution is 6.34. The van der Waals surface area contributed by atoms with Crippen LogP contribution in [0.3, 0.4) is 0 Å². The minimum Gasteiger partial charge on any atom is -0.462 e. The Morgan fingerprint density at radius 3 is 2.50 bits per heavy atom. The third kappa shape index (κ3) is 5.18. The van der Waals surface area contributed by atoms with Crippen molar-refractivity contribution in [2.24, 2.45) is 0 Å². The Labute approximate surface area is 159 Å². The van der Waals surface area contributed by atoms with E-state index in [-0.39, 0.29) is 33.7 Å². The number of hydrogen-bond acceptors (Lipinski definition) is 6. The van der Waals surface area contributed by atoms with Gasteiger partial charge in [0.05, 0.1) is 22.9 Å². The predicted octanol–water partition coefficient (Wildman–Crippen LogP) is 3.36. The first-order valence-corrected chi connectivity index (χ1v) is 8.23. The van der Waals surface area contributed by atoms with Gasteiger partial charge in [-0.3, -0.25) is 4.79 Å². The lowest BCUT2D eigenvalue weighted by Crippen LogP contribution is -2.23. The van der Waals surface area contributed by atoms with Gasteiger partial charge in [0.15, 0.2) is 12.3 Å². The van der Waals surface area contributed by atoms with Crippen LogP contribution in [0.25, 0.3) is 0 Å². The van der Waals surface area contributed by atoms with E-state index >= 15 is 0 Å². The van der Waals surface area contributed by atoms with Crippen molar-refractivity contribution in [3.63, 3.8) is 0 Å². The van der Waals surface area contributed by atoms with E-state index in [4.69, 9.17) is 32.7 Å². The monoisotopic (exact) mass is 396 g/mol. The second-order valence-corrected chi connectivity index (χ2v) is 5.65. The van der Waals surface area contributed by atoms with Crippen molar-refractivity contribution in [1.82, 2.24) is 4.98 Å². The Kier molecular flexibility index (Phi) is 6.94. The Bertz CT molecular complexity index is 842. The quantitative estimate of drug-likeness (QED) is 0.594. The lowest BCUT2D eigenvalue weighted by Gasteiger charge is -2.10. The van der Waals surface area contributed by atoms with Gasteiger partial charge in [-0.1, -0.05) is 35.3 Å². The molecule has 0 fully saturated rings. The first-order chi connectivity index (χ1) is 12.4. The van der Waals surface area contributed by atoms with Crippen LogP contribution in [0.5, 0.6) is 0 Å². The summed E-state index contributed by atoms with van der Waals surface area (Å²) >= 11 is 11.6. The molecule has 0 spiro atoms. The minimum absolute atomic E-state index is 0.0486. The average molecular weight is 397 g/mol. The zero-order valence-corrected chi connectivity index (χ0v) is 15.1. The molecule has 1 heterocycles. The summed E-state index contributed by atoms with van der Waals surface area (Å²) in [5.74, 6) is -2.12. The zero-order chi connectivity index (χ0) is 19.1. The van der Waals surface area contributed by atoms with Crippen molar-refractivity contribution >= 4 is 46.7 Å². The fourth-order valence-electron chi connectivity index (χ4n) is 1.93. The highest BCUT2D eigenvalue weighted by Crippen LogP contribution is 2.18. The van der Waals surface area contributed by atoms with Gasteiger partial charge in [-0.15, -0.1) is 0 Å². The lowest BCUT2D eigenvalue weighted by molar-refractivity contribution is -0.119. The number of halogens is 2. The third-order valence-electron chi connectivity index (χ3n) is 3.04. The molecule has 0 aliphatic rings. The van der Waals surface area contributed by atoms with Crippen molar-refractivity contribution in [2.45, 2.75) is 6.92 Å². The molecule has 0 aliphatic heterocycles. The van der Waals surface area contributed by atoms with Crippen molar-refractivity contribution in [1.29, 1.82) is 0 Å². The molecule has 0 aliphatic carbocycles. The number of rotatable bonds is 6. The molecule has 0 atom stereocenters. The fraction of sp³-hybridized carbons (Fsp3) is 0.176. The van der Waals surface area contributed by atoms with Crippen LogP contribution in [0.4, 0.5) is 5.69 Å².